The summed E-state index contributed by atoms with van der Waals surface area (Å²) in [5.41, 5.74) is 0. The number of amides is 2. The molecule has 0 spiro atoms. The van der Waals surface area contributed by atoms with E-state index in [1.54, 1.807) is 19.1 Å². The first-order chi connectivity index (χ1) is 14.8. The third-order valence-corrected chi connectivity index (χ3v) is 5.71. The van der Waals surface area contributed by atoms with Crippen LogP contribution in [0.15, 0.2) is 0 Å². The topological polar surface area (TPSA) is 147 Å². The number of rotatable bonds is 11. The fourth-order valence-electron chi connectivity index (χ4n) is 4.03. The highest BCUT2D eigenvalue weighted by Crippen LogP contribution is 2.24. The summed E-state index contributed by atoms with van der Waals surface area (Å²) in [7, 11) is 3.25. The number of carbonyl (C=O) groups excluding carboxylic acids is 2. The standard InChI is InChI=1S/C20H36N2O9/c1-12(24)21-17-19(27)18(26)15(10-23)31-20(17)30-7-5-4-6-16(25)22-9-14(29-3)8-13(22)11-28-2/h13-15,17-20,23,26-27H,4-11H2,1-3H3,(H,21,24)/t13-,14+,15?,17?,18?,19?,20?/m0/s1. The van der Waals surface area contributed by atoms with Gasteiger partial charge < -0.3 is 44.5 Å². The Morgan fingerprint density at radius 1 is 1.19 bits per heavy atom. The quantitative estimate of drug-likeness (QED) is 0.274. The molecule has 0 aromatic rings. The molecule has 180 valence electrons. The second kappa shape index (κ2) is 12.6. The van der Waals surface area contributed by atoms with Gasteiger partial charge in [-0.2, -0.15) is 0 Å². The third-order valence-electron chi connectivity index (χ3n) is 5.71. The van der Waals surface area contributed by atoms with Crippen LogP contribution >= 0.6 is 0 Å². The summed E-state index contributed by atoms with van der Waals surface area (Å²) in [4.78, 5) is 25.8. The molecule has 2 heterocycles. The van der Waals surface area contributed by atoms with Gasteiger partial charge >= 0.3 is 0 Å². The van der Waals surface area contributed by atoms with Crippen molar-refractivity contribution in [1.29, 1.82) is 0 Å². The maximum atomic E-state index is 12.6. The first-order valence-electron chi connectivity index (χ1n) is 10.6. The number of methoxy groups -OCH3 is 2. The van der Waals surface area contributed by atoms with E-state index in [0.717, 1.165) is 6.42 Å². The van der Waals surface area contributed by atoms with E-state index in [2.05, 4.69) is 5.32 Å². The van der Waals surface area contributed by atoms with Crippen LogP contribution in [-0.2, 0) is 28.5 Å². The Balaban J connectivity index is 1.79. The molecule has 0 aliphatic carbocycles. The summed E-state index contributed by atoms with van der Waals surface area (Å²) < 4.78 is 21.8. The molecule has 2 aliphatic rings. The minimum absolute atomic E-state index is 0.0103. The fourth-order valence-corrected chi connectivity index (χ4v) is 4.03. The van der Waals surface area contributed by atoms with Gasteiger partial charge in [-0.05, 0) is 19.3 Å². The summed E-state index contributed by atoms with van der Waals surface area (Å²) >= 11 is 0. The zero-order valence-corrected chi connectivity index (χ0v) is 18.4. The van der Waals surface area contributed by atoms with Gasteiger partial charge in [0.05, 0.1) is 25.4 Å². The average Bonchev–Trinajstić information content (AvgIpc) is 3.15. The summed E-state index contributed by atoms with van der Waals surface area (Å²) in [5, 5.41) is 32.1. The van der Waals surface area contributed by atoms with Gasteiger partial charge in [-0.15, -0.1) is 0 Å². The zero-order valence-electron chi connectivity index (χ0n) is 18.4. The minimum atomic E-state index is -1.35. The maximum absolute atomic E-state index is 12.6. The van der Waals surface area contributed by atoms with Crippen LogP contribution in [0, 0.1) is 0 Å². The molecule has 2 fully saturated rings. The molecular formula is C20H36N2O9. The zero-order chi connectivity index (χ0) is 23.0. The van der Waals surface area contributed by atoms with Crippen LogP contribution < -0.4 is 5.32 Å². The Morgan fingerprint density at radius 2 is 1.94 bits per heavy atom. The predicted octanol–water partition coefficient (Wildman–Crippen LogP) is -1.62. The number of hydrogen-bond acceptors (Lipinski definition) is 9. The molecule has 31 heavy (non-hydrogen) atoms. The van der Waals surface area contributed by atoms with E-state index in [0.29, 0.717) is 32.4 Å². The first kappa shape index (κ1) is 25.9. The van der Waals surface area contributed by atoms with Gasteiger partial charge in [-0.25, -0.2) is 0 Å². The lowest BCUT2D eigenvalue weighted by Gasteiger charge is -2.42. The molecule has 11 nitrogen and oxygen atoms in total. The number of likely N-dealkylation sites (tertiary alicyclic amines) is 1. The highest BCUT2D eigenvalue weighted by Gasteiger charge is 2.45. The second-order valence-electron chi connectivity index (χ2n) is 8.01. The molecule has 0 saturated carbocycles. The Bertz CT molecular complexity index is 579. The summed E-state index contributed by atoms with van der Waals surface area (Å²) in [5.74, 6) is -0.377. The first-order valence-corrected chi connectivity index (χ1v) is 10.6. The van der Waals surface area contributed by atoms with Gasteiger partial charge in [0.2, 0.25) is 11.8 Å². The monoisotopic (exact) mass is 448 g/mol. The maximum Gasteiger partial charge on any atom is 0.222 e. The average molecular weight is 449 g/mol. The van der Waals surface area contributed by atoms with Crippen LogP contribution in [-0.4, -0.2) is 115 Å². The molecule has 2 saturated heterocycles. The lowest BCUT2D eigenvalue weighted by molar-refractivity contribution is -0.270. The van der Waals surface area contributed by atoms with Gasteiger partial charge in [0.1, 0.15) is 24.4 Å². The van der Waals surface area contributed by atoms with E-state index in [1.165, 1.54) is 6.92 Å². The molecule has 0 aromatic heterocycles. The van der Waals surface area contributed by atoms with Crippen LogP contribution in [0.4, 0.5) is 0 Å². The van der Waals surface area contributed by atoms with Crippen LogP contribution in [0.5, 0.6) is 0 Å². The Kier molecular flexibility index (Phi) is 10.6. The molecule has 2 amide bonds. The lowest BCUT2D eigenvalue weighted by atomic mass is 9.97. The number of aliphatic hydroxyl groups excluding tert-OH is 3. The summed E-state index contributed by atoms with van der Waals surface area (Å²) in [6, 6.07) is -0.960. The van der Waals surface area contributed by atoms with E-state index in [4.69, 9.17) is 18.9 Å². The molecule has 4 N–H and O–H groups in total. The van der Waals surface area contributed by atoms with Crippen molar-refractivity contribution in [2.45, 2.75) is 75.4 Å². The summed E-state index contributed by atoms with van der Waals surface area (Å²) in [6.07, 6.45) is -2.49. The molecular weight excluding hydrogens is 412 g/mol. The van der Waals surface area contributed by atoms with Crippen molar-refractivity contribution in [2.24, 2.45) is 0 Å². The van der Waals surface area contributed by atoms with Crippen LogP contribution in [0.2, 0.25) is 0 Å². The van der Waals surface area contributed by atoms with Crippen LogP contribution in [0.3, 0.4) is 0 Å². The number of nitrogens with zero attached hydrogens (tertiary/aromatic N) is 1. The second-order valence-corrected chi connectivity index (χ2v) is 8.01. The van der Waals surface area contributed by atoms with E-state index in [1.807, 2.05) is 0 Å². The van der Waals surface area contributed by atoms with Gasteiger partial charge in [0.25, 0.3) is 0 Å². The van der Waals surface area contributed by atoms with Gasteiger partial charge in [-0.1, -0.05) is 0 Å². The number of aliphatic hydroxyl groups is 3. The lowest BCUT2D eigenvalue weighted by Crippen LogP contribution is -2.64. The highest BCUT2D eigenvalue weighted by atomic mass is 16.7. The van der Waals surface area contributed by atoms with Gasteiger partial charge in [0, 0.05) is 40.7 Å². The number of ether oxygens (including phenoxy) is 4. The molecule has 0 bridgehead atoms. The van der Waals surface area contributed by atoms with Gasteiger partial charge in [-0.3, -0.25) is 9.59 Å². The minimum Gasteiger partial charge on any atom is -0.394 e. The van der Waals surface area contributed by atoms with E-state index in [9.17, 15) is 24.9 Å². The molecule has 5 unspecified atom stereocenters. The summed E-state index contributed by atoms with van der Waals surface area (Å²) in [6.45, 7) is 2.02. The Morgan fingerprint density at radius 3 is 2.55 bits per heavy atom. The fraction of sp³-hybridized carbons (Fsp3) is 0.900. The third kappa shape index (κ3) is 7.07. The predicted molar refractivity (Wildman–Crippen MR) is 108 cm³/mol. The number of hydrogen-bond donors (Lipinski definition) is 4. The van der Waals surface area contributed by atoms with Crippen molar-refractivity contribution < 1.29 is 43.9 Å². The molecule has 0 aromatic carbocycles. The van der Waals surface area contributed by atoms with E-state index in [-0.39, 0.29) is 24.7 Å². The molecule has 7 atom stereocenters. The molecule has 2 rings (SSSR count). The van der Waals surface area contributed by atoms with Crippen LogP contribution in [0.25, 0.3) is 0 Å². The van der Waals surface area contributed by atoms with Crippen molar-refractivity contribution in [1.82, 2.24) is 10.2 Å². The highest BCUT2D eigenvalue weighted by molar-refractivity contribution is 5.77. The largest absolute Gasteiger partial charge is 0.394 e. The SMILES string of the molecule is COC[C@@H]1C[C@@H](OC)CN1C(=O)CCCCOC1OC(CO)C(O)C(O)C1NC(C)=O. The van der Waals surface area contributed by atoms with E-state index < -0.39 is 43.2 Å². The van der Waals surface area contributed by atoms with Crippen LogP contribution in [0.1, 0.15) is 32.6 Å². The van der Waals surface area contributed by atoms with Crippen molar-refractivity contribution in [3.63, 3.8) is 0 Å². The Labute approximate surface area is 182 Å². The number of nitrogens with one attached hydrogen (secondary N) is 1. The van der Waals surface area contributed by atoms with E-state index >= 15 is 0 Å². The number of unbranched alkanes of at least 4 members (excludes halogenated alkanes) is 1. The van der Waals surface area contributed by atoms with Crippen molar-refractivity contribution in [3.8, 4) is 0 Å². The molecule has 0 radical (unpaired) electrons. The molecule has 11 heteroatoms. The van der Waals surface area contributed by atoms with Gasteiger partial charge in [0.15, 0.2) is 6.29 Å². The molecule has 2 aliphatic heterocycles. The Hall–Kier alpha value is -1.34. The van der Waals surface area contributed by atoms with Crippen molar-refractivity contribution in [3.05, 3.63) is 0 Å². The normalized spacial score (nSPS) is 33.5. The van der Waals surface area contributed by atoms with Crippen molar-refractivity contribution >= 4 is 11.8 Å². The smallest absolute Gasteiger partial charge is 0.222 e. The number of carbonyl (C=O) groups is 2. The van der Waals surface area contributed by atoms with Crippen molar-refractivity contribution in [2.75, 3.05) is 40.6 Å².